The van der Waals surface area contributed by atoms with Crippen molar-refractivity contribution in [3.05, 3.63) is 11.1 Å². The van der Waals surface area contributed by atoms with Crippen molar-refractivity contribution in [2.24, 2.45) is 35.5 Å². The van der Waals surface area contributed by atoms with Crippen LogP contribution in [0.1, 0.15) is 132 Å². The van der Waals surface area contributed by atoms with Crippen LogP contribution in [0.5, 0.6) is 0 Å². The fraction of sp³-hybridized carbons (Fsp3) is 0.897. The Labute approximate surface area is 189 Å². The molecule has 0 N–H and O–H groups in total. The Kier molecular flexibility index (Phi) is 13.2. The minimum absolute atomic E-state index is 0.220. The highest BCUT2D eigenvalue weighted by atomic mass is 16.1. The van der Waals surface area contributed by atoms with Gasteiger partial charge in [0, 0.05) is 5.92 Å². The number of unbranched alkanes of at least 4 members (excludes halogenated alkanes) is 1. The first-order chi connectivity index (χ1) is 14.1. The van der Waals surface area contributed by atoms with E-state index in [-0.39, 0.29) is 5.92 Å². The van der Waals surface area contributed by atoms with Crippen LogP contribution in [-0.4, -0.2) is 5.78 Å². The largest absolute Gasteiger partial charge is 0.294 e. The van der Waals surface area contributed by atoms with Gasteiger partial charge in [-0.25, -0.2) is 0 Å². The molecule has 1 rings (SSSR count). The normalized spacial score (nSPS) is 23.2. The fourth-order valence-electron chi connectivity index (χ4n) is 5.12. The first-order valence-electron chi connectivity index (χ1n) is 13.3. The second kappa shape index (κ2) is 14.5. The summed E-state index contributed by atoms with van der Waals surface area (Å²) in [7, 11) is 0. The quantitative estimate of drug-likeness (QED) is 0.242. The molecule has 0 spiro atoms. The molecule has 0 heterocycles. The number of allylic oxidation sites excluding steroid dienone is 2. The lowest BCUT2D eigenvalue weighted by Crippen LogP contribution is -2.26. The molecule has 0 amide bonds. The SMILES string of the molecule is CC1=C(CCC(C)CCCC(C)CCC(C)CCCCC(C)C)C(=O)C(C)C(C)C1. The van der Waals surface area contributed by atoms with Gasteiger partial charge in [0.2, 0.25) is 0 Å². The minimum atomic E-state index is 0.220. The van der Waals surface area contributed by atoms with Crippen molar-refractivity contribution in [3.8, 4) is 0 Å². The van der Waals surface area contributed by atoms with Crippen LogP contribution in [-0.2, 0) is 4.79 Å². The van der Waals surface area contributed by atoms with E-state index in [4.69, 9.17) is 0 Å². The molecule has 0 saturated heterocycles. The van der Waals surface area contributed by atoms with Crippen LogP contribution >= 0.6 is 0 Å². The van der Waals surface area contributed by atoms with E-state index in [1.54, 1.807) is 0 Å². The van der Waals surface area contributed by atoms with Crippen molar-refractivity contribution in [3.63, 3.8) is 0 Å². The maximum absolute atomic E-state index is 12.6. The number of carbonyl (C=O) groups excluding carboxylic acids is 1. The minimum Gasteiger partial charge on any atom is -0.294 e. The molecule has 0 fully saturated rings. The molecular weight excluding hydrogens is 364 g/mol. The van der Waals surface area contributed by atoms with Crippen LogP contribution < -0.4 is 0 Å². The van der Waals surface area contributed by atoms with Gasteiger partial charge in [-0.15, -0.1) is 0 Å². The molecule has 5 unspecified atom stereocenters. The van der Waals surface area contributed by atoms with Crippen molar-refractivity contribution in [2.75, 3.05) is 0 Å². The zero-order valence-electron chi connectivity index (χ0n) is 21.9. The molecule has 1 nitrogen and oxygen atoms in total. The lowest BCUT2D eigenvalue weighted by Gasteiger charge is -2.28. The Hall–Kier alpha value is -0.590. The highest BCUT2D eigenvalue weighted by Gasteiger charge is 2.29. The Bertz CT molecular complexity index is 514. The van der Waals surface area contributed by atoms with Gasteiger partial charge >= 0.3 is 0 Å². The Balaban J connectivity index is 2.16. The summed E-state index contributed by atoms with van der Waals surface area (Å²) in [6.45, 7) is 18.5. The van der Waals surface area contributed by atoms with Crippen molar-refractivity contribution in [2.45, 2.75) is 132 Å². The highest BCUT2D eigenvalue weighted by Crippen LogP contribution is 2.34. The molecule has 0 aromatic rings. The predicted molar refractivity (Wildman–Crippen MR) is 134 cm³/mol. The number of carbonyl (C=O) groups is 1. The Morgan fingerprint density at radius 2 is 1.23 bits per heavy atom. The topological polar surface area (TPSA) is 17.1 Å². The second-order valence-corrected chi connectivity index (χ2v) is 11.6. The standard InChI is InChI=1S/C29H54O/c1-21(2)12-9-10-13-22(3)16-17-23(4)14-11-15-24(5)18-19-28-26(7)20-25(6)27(8)29(28)30/h21-25,27H,9-20H2,1-8H3. The molecule has 1 heteroatoms. The molecule has 0 aromatic heterocycles. The summed E-state index contributed by atoms with van der Waals surface area (Å²) in [5.74, 6) is 4.53. The summed E-state index contributed by atoms with van der Waals surface area (Å²) in [6, 6.07) is 0. The number of rotatable bonds is 15. The number of Topliss-reactive ketones (excluding diaryl/α,β-unsaturated/α-hetero) is 1. The van der Waals surface area contributed by atoms with E-state index in [0.29, 0.717) is 11.7 Å². The first kappa shape index (κ1) is 27.4. The number of hydrogen-bond acceptors (Lipinski definition) is 1. The smallest absolute Gasteiger partial charge is 0.161 e. The van der Waals surface area contributed by atoms with Gasteiger partial charge in [0.15, 0.2) is 5.78 Å². The summed E-state index contributed by atoms with van der Waals surface area (Å²) < 4.78 is 0. The van der Waals surface area contributed by atoms with E-state index in [1.165, 1.54) is 75.4 Å². The van der Waals surface area contributed by atoms with E-state index < -0.39 is 0 Å². The third-order valence-corrected chi connectivity index (χ3v) is 7.87. The van der Waals surface area contributed by atoms with Gasteiger partial charge in [-0.1, -0.05) is 112 Å². The second-order valence-electron chi connectivity index (χ2n) is 11.6. The van der Waals surface area contributed by atoms with Crippen molar-refractivity contribution < 1.29 is 4.79 Å². The molecule has 0 bridgehead atoms. The van der Waals surface area contributed by atoms with Gasteiger partial charge in [-0.05, 0) is 61.3 Å². The molecule has 1 aliphatic rings. The maximum atomic E-state index is 12.6. The molecule has 0 saturated carbocycles. The number of hydrogen-bond donors (Lipinski definition) is 0. The molecule has 0 aliphatic heterocycles. The molecule has 5 atom stereocenters. The average Bonchev–Trinajstić information content (AvgIpc) is 2.67. The Morgan fingerprint density at radius 3 is 1.80 bits per heavy atom. The van der Waals surface area contributed by atoms with E-state index in [0.717, 1.165) is 36.5 Å². The Morgan fingerprint density at radius 1 is 0.733 bits per heavy atom. The number of ketones is 1. The summed E-state index contributed by atoms with van der Waals surface area (Å²) in [5.41, 5.74) is 2.54. The van der Waals surface area contributed by atoms with Gasteiger partial charge in [0.1, 0.15) is 0 Å². The third-order valence-electron chi connectivity index (χ3n) is 7.87. The summed E-state index contributed by atoms with van der Waals surface area (Å²) in [6.07, 6.45) is 15.8. The monoisotopic (exact) mass is 418 g/mol. The molecule has 0 radical (unpaired) electrons. The van der Waals surface area contributed by atoms with Crippen LogP contribution in [0, 0.1) is 35.5 Å². The maximum Gasteiger partial charge on any atom is 0.161 e. The summed E-state index contributed by atoms with van der Waals surface area (Å²) >= 11 is 0. The van der Waals surface area contributed by atoms with E-state index in [9.17, 15) is 4.79 Å². The van der Waals surface area contributed by atoms with Crippen LogP contribution in [0.4, 0.5) is 0 Å². The first-order valence-corrected chi connectivity index (χ1v) is 13.3. The van der Waals surface area contributed by atoms with E-state index in [1.807, 2.05) is 0 Å². The lowest BCUT2D eigenvalue weighted by molar-refractivity contribution is -0.120. The fourth-order valence-corrected chi connectivity index (χ4v) is 5.12. The van der Waals surface area contributed by atoms with E-state index in [2.05, 4.69) is 55.4 Å². The van der Waals surface area contributed by atoms with E-state index >= 15 is 0 Å². The van der Waals surface area contributed by atoms with Crippen molar-refractivity contribution >= 4 is 5.78 Å². The third kappa shape index (κ3) is 10.6. The molecule has 1 aliphatic carbocycles. The van der Waals surface area contributed by atoms with Gasteiger partial charge in [0.05, 0.1) is 0 Å². The zero-order chi connectivity index (χ0) is 22.7. The van der Waals surface area contributed by atoms with Gasteiger partial charge < -0.3 is 0 Å². The van der Waals surface area contributed by atoms with Crippen LogP contribution in [0.3, 0.4) is 0 Å². The van der Waals surface area contributed by atoms with Gasteiger partial charge in [0.25, 0.3) is 0 Å². The van der Waals surface area contributed by atoms with Crippen LogP contribution in [0.2, 0.25) is 0 Å². The lowest BCUT2D eigenvalue weighted by atomic mass is 9.75. The molecule has 0 aromatic carbocycles. The zero-order valence-corrected chi connectivity index (χ0v) is 21.9. The summed E-state index contributed by atoms with van der Waals surface area (Å²) in [4.78, 5) is 12.6. The van der Waals surface area contributed by atoms with Gasteiger partial charge in [-0.3, -0.25) is 4.79 Å². The van der Waals surface area contributed by atoms with Gasteiger partial charge in [-0.2, -0.15) is 0 Å². The van der Waals surface area contributed by atoms with Crippen molar-refractivity contribution in [1.29, 1.82) is 0 Å². The molecule has 176 valence electrons. The highest BCUT2D eigenvalue weighted by molar-refractivity contribution is 5.98. The predicted octanol–water partition coefficient (Wildman–Crippen LogP) is 9.40. The molecule has 30 heavy (non-hydrogen) atoms. The summed E-state index contributed by atoms with van der Waals surface area (Å²) in [5, 5.41) is 0. The van der Waals surface area contributed by atoms with Crippen LogP contribution in [0.25, 0.3) is 0 Å². The van der Waals surface area contributed by atoms with Crippen molar-refractivity contribution in [1.82, 2.24) is 0 Å². The van der Waals surface area contributed by atoms with Crippen LogP contribution in [0.15, 0.2) is 11.1 Å². The average molecular weight is 419 g/mol. The molecular formula is C29H54O.